The first kappa shape index (κ1) is 14.8. The first-order chi connectivity index (χ1) is 9.62. The van der Waals surface area contributed by atoms with E-state index in [0.717, 1.165) is 25.6 Å². The van der Waals surface area contributed by atoms with E-state index >= 15 is 0 Å². The molecular weight excluding hydrogens is 274 g/mol. The van der Waals surface area contributed by atoms with Crippen molar-refractivity contribution < 1.29 is 8.42 Å². The average Bonchev–Trinajstić information content (AvgIpc) is 3.09. The van der Waals surface area contributed by atoms with Crippen molar-refractivity contribution in [3.05, 3.63) is 0 Å². The number of hydrogen-bond acceptors (Lipinski definition) is 5. The van der Waals surface area contributed by atoms with Crippen molar-refractivity contribution in [2.45, 2.75) is 37.8 Å². The van der Waals surface area contributed by atoms with Crippen LogP contribution in [0, 0.1) is 0 Å². The SMILES string of the molecule is O=S1(=O)CCC(NCCN2CCC(N3CCCC3)C2)C1. The summed E-state index contributed by atoms with van der Waals surface area (Å²) in [6.07, 6.45) is 4.83. The number of rotatable bonds is 5. The minimum atomic E-state index is -2.75. The zero-order valence-electron chi connectivity index (χ0n) is 12.3. The molecule has 0 saturated carbocycles. The fraction of sp³-hybridized carbons (Fsp3) is 1.00. The number of sulfone groups is 1. The standard InChI is InChI=1S/C14H27N3O2S/c18-20(19)10-4-13(12-20)15-5-9-16-8-3-14(11-16)17-6-1-2-7-17/h13-15H,1-12H2. The van der Waals surface area contributed by atoms with Crippen molar-refractivity contribution in [2.75, 3.05) is 50.8 Å². The van der Waals surface area contributed by atoms with E-state index in [0.29, 0.717) is 11.5 Å². The lowest BCUT2D eigenvalue weighted by Gasteiger charge is -2.24. The van der Waals surface area contributed by atoms with Gasteiger partial charge in [-0.3, -0.25) is 4.90 Å². The summed E-state index contributed by atoms with van der Waals surface area (Å²) >= 11 is 0. The third-order valence-corrected chi connectivity index (χ3v) is 6.77. The van der Waals surface area contributed by atoms with Gasteiger partial charge in [0.15, 0.2) is 9.84 Å². The Morgan fingerprint density at radius 1 is 1.10 bits per heavy atom. The second-order valence-corrected chi connectivity index (χ2v) is 8.77. The molecule has 0 aromatic carbocycles. The maximum Gasteiger partial charge on any atom is 0.151 e. The predicted octanol–water partition coefficient (Wildman–Crippen LogP) is -0.0668. The third kappa shape index (κ3) is 3.72. The molecular formula is C14H27N3O2S. The molecule has 116 valence electrons. The molecule has 0 bridgehead atoms. The lowest BCUT2D eigenvalue weighted by Crippen LogP contribution is -2.39. The van der Waals surface area contributed by atoms with Crippen LogP contribution in [-0.2, 0) is 9.84 Å². The smallest absolute Gasteiger partial charge is 0.151 e. The van der Waals surface area contributed by atoms with Crippen molar-refractivity contribution >= 4 is 9.84 Å². The number of nitrogens with one attached hydrogen (secondary N) is 1. The first-order valence-electron chi connectivity index (χ1n) is 8.03. The Hall–Kier alpha value is -0.170. The fourth-order valence-electron chi connectivity index (χ4n) is 3.80. The minimum absolute atomic E-state index is 0.192. The summed E-state index contributed by atoms with van der Waals surface area (Å²) in [4.78, 5) is 5.18. The molecule has 0 radical (unpaired) electrons. The summed E-state index contributed by atoms with van der Waals surface area (Å²) in [6, 6.07) is 0.960. The van der Waals surface area contributed by atoms with Crippen molar-refractivity contribution in [3.8, 4) is 0 Å². The Kier molecular flexibility index (Phi) is 4.65. The van der Waals surface area contributed by atoms with Gasteiger partial charge in [0.2, 0.25) is 0 Å². The largest absolute Gasteiger partial charge is 0.312 e. The third-order valence-electron chi connectivity index (χ3n) is 5.00. The quantitative estimate of drug-likeness (QED) is 0.771. The molecule has 5 nitrogen and oxygen atoms in total. The van der Waals surface area contributed by atoms with Crippen LogP contribution in [0.4, 0.5) is 0 Å². The summed E-state index contributed by atoms with van der Waals surface area (Å²) in [6.45, 7) is 6.96. The second kappa shape index (κ2) is 6.30. The highest BCUT2D eigenvalue weighted by atomic mass is 32.2. The van der Waals surface area contributed by atoms with Crippen LogP contribution in [0.25, 0.3) is 0 Å². The van der Waals surface area contributed by atoms with Gasteiger partial charge in [-0.15, -0.1) is 0 Å². The molecule has 0 aromatic heterocycles. The molecule has 2 atom stereocenters. The normalized spacial score (nSPS) is 35.0. The number of nitrogens with zero attached hydrogens (tertiary/aromatic N) is 2. The van der Waals surface area contributed by atoms with E-state index in [-0.39, 0.29) is 6.04 Å². The average molecular weight is 301 g/mol. The van der Waals surface area contributed by atoms with Crippen LogP contribution in [0.5, 0.6) is 0 Å². The van der Waals surface area contributed by atoms with Crippen LogP contribution < -0.4 is 5.32 Å². The van der Waals surface area contributed by atoms with Crippen LogP contribution >= 0.6 is 0 Å². The van der Waals surface area contributed by atoms with Crippen LogP contribution in [0.15, 0.2) is 0 Å². The van der Waals surface area contributed by atoms with Crippen LogP contribution in [0.2, 0.25) is 0 Å². The van der Waals surface area contributed by atoms with Crippen molar-refractivity contribution in [2.24, 2.45) is 0 Å². The molecule has 3 aliphatic rings. The number of likely N-dealkylation sites (tertiary alicyclic amines) is 2. The van der Waals surface area contributed by atoms with Crippen LogP contribution in [-0.4, -0.2) is 81.1 Å². The highest BCUT2D eigenvalue weighted by Gasteiger charge is 2.30. The minimum Gasteiger partial charge on any atom is -0.312 e. The zero-order valence-corrected chi connectivity index (χ0v) is 13.1. The predicted molar refractivity (Wildman–Crippen MR) is 80.7 cm³/mol. The van der Waals surface area contributed by atoms with Crippen molar-refractivity contribution in [1.29, 1.82) is 0 Å². The van der Waals surface area contributed by atoms with Gasteiger partial charge in [-0.25, -0.2) is 8.42 Å². The topological polar surface area (TPSA) is 52.7 Å². The van der Waals surface area contributed by atoms with Gasteiger partial charge in [0.05, 0.1) is 11.5 Å². The molecule has 0 aromatic rings. The van der Waals surface area contributed by atoms with Gasteiger partial charge in [0.25, 0.3) is 0 Å². The summed E-state index contributed by atoms with van der Waals surface area (Å²) in [7, 11) is -2.75. The van der Waals surface area contributed by atoms with E-state index in [1.54, 1.807) is 0 Å². The Balaban J connectivity index is 1.33. The molecule has 3 aliphatic heterocycles. The Labute approximate surface area is 122 Å². The lowest BCUT2D eigenvalue weighted by atomic mass is 10.2. The lowest BCUT2D eigenvalue weighted by molar-refractivity contribution is 0.231. The van der Waals surface area contributed by atoms with E-state index in [9.17, 15) is 8.42 Å². The Morgan fingerprint density at radius 3 is 2.60 bits per heavy atom. The van der Waals surface area contributed by atoms with Gasteiger partial charge in [-0.2, -0.15) is 0 Å². The summed E-state index contributed by atoms with van der Waals surface area (Å²) < 4.78 is 22.8. The van der Waals surface area contributed by atoms with Crippen molar-refractivity contribution in [1.82, 2.24) is 15.1 Å². The van der Waals surface area contributed by atoms with E-state index in [4.69, 9.17) is 0 Å². The zero-order chi connectivity index (χ0) is 14.0. The maximum absolute atomic E-state index is 11.4. The van der Waals surface area contributed by atoms with E-state index < -0.39 is 9.84 Å². The molecule has 0 aliphatic carbocycles. The summed E-state index contributed by atoms with van der Waals surface area (Å²) in [5.74, 6) is 0.703. The molecule has 6 heteroatoms. The fourth-order valence-corrected chi connectivity index (χ4v) is 5.51. The van der Waals surface area contributed by atoms with E-state index in [2.05, 4.69) is 15.1 Å². The van der Waals surface area contributed by atoms with Crippen molar-refractivity contribution in [3.63, 3.8) is 0 Å². The van der Waals surface area contributed by atoms with Gasteiger partial charge in [-0.1, -0.05) is 0 Å². The monoisotopic (exact) mass is 301 g/mol. The molecule has 3 heterocycles. The summed E-state index contributed by atoms with van der Waals surface area (Å²) in [5.41, 5.74) is 0. The highest BCUT2D eigenvalue weighted by Crippen LogP contribution is 2.20. The Bertz CT molecular complexity index is 420. The first-order valence-corrected chi connectivity index (χ1v) is 9.85. The van der Waals surface area contributed by atoms with Gasteiger partial charge in [0, 0.05) is 31.7 Å². The molecule has 3 rings (SSSR count). The molecule has 0 amide bonds. The molecule has 2 unspecified atom stereocenters. The maximum atomic E-state index is 11.4. The van der Waals surface area contributed by atoms with Gasteiger partial charge >= 0.3 is 0 Å². The summed E-state index contributed by atoms with van der Waals surface area (Å²) in [5, 5.41) is 3.41. The number of hydrogen-bond donors (Lipinski definition) is 1. The molecule has 3 saturated heterocycles. The molecule has 20 heavy (non-hydrogen) atoms. The van der Waals surface area contributed by atoms with Crippen LogP contribution in [0.3, 0.4) is 0 Å². The Morgan fingerprint density at radius 2 is 1.90 bits per heavy atom. The highest BCUT2D eigenvalue weighted by molar-refractivity contribution is 7.91. The molecule has 3 fully saturated rings. The molecule has 0 spiro atoms. The molecule has 1 N–H and O–H groups in total. The van der Waals surface area contributed by atoms with E-state index in [1.165, 1.54) is 45.4 Å². The van der Waals surface area contributed by atoms with Crippen LogP contribution in [0.1, 0.15) is 25.7 Å². The van der Waals surface area contributed by atoms with E-state index in [1.807, 2.05) is 0 Å². The van der Waals surface area contributed by atoms with Gasteiger partial charge in [-0.05, 0) is 45.3 Å². The van der Waals surface area contributed by atoms with Gasteiger partial charge < -0.3 is 10.2 Å². The second-order valence-electron chi connectivity index (χ2n) is 6.54. The van der Waals surface area contributed by atoms with Gasteiger partial charge in [0.1, 0.15) is 0 Å².